The molecule has 1 aromatic carbocycles. The van der Waals surface area contributed by atoms with E-state index in [1.54, 1.807) is 18.3 Å². The zero-order valence-corrected chi connectivity index (χ0v) is 17.1. The van der Waals surface area contributed by atoms with Crippen molar-refractivity contribution >= 4 is 6.21 Å². The SMILES string of the molecule is CCC(F)(F)c1nc(C2C=NN(C)C2)c(C)c(=O)n1-c1ccc(OCC(F)(F)F)cc1. The largest absolute Gasteiger partial charge is 0.484 e. The van der Waals surface area contributed by atoms with Crippen LogP contribution in [0.5, 0.6) is 5.75 Å². The maximum absolute atomic E-state index is 14.8. The van der Waals surface area contributed by atoms with Gasteiger partial charge in [-0.3, -0.25) is 14.4 Å². The monoisotopic (exact) mass is 444 g/mol. The maximum atomic E-state index is 14.8. The first-order valence-corrected chi connectivity index (χ1v) is 9.50. The molecule has 0 fully saturated rings. The van der Waals surface area contributed by atoms with E-state index in [0.717, 1.165) is 4.57 Å². The van der Waals surface area contributed by atoms with Crippen molar-refractivity contribution < 1.29 is 26.7 Å². The van der Waals surface area contributed by atoms with Crippen LogP contribution in [0, 0.1) is 6.92 Å². The highest BCUT2D eigenvalue weighted by molar-refractivity contribution is 5.69. The van der Waals surface area contributed by atoms with Crippen molar-refractivity contribution in [1.29, 1.82) is 0 Å². The summed E-state index contributed by atoms with van der Waals surface area (Å²) in [4.78, 5) is 17.3. The Bertz CT molecular complexity index is 1030. The van der Waals surface area contributed by atoms with Gasteiger partial charge in [0.2, 0.25) is 0 Å². The molecular weight excluding hydrogens is 423 g/mol. The predicted octanol–water partition coefficient (Wildman–Crippen LogP) is 4.00. The van der Waals surface area contributed by atoms with E-state index >= 15 is 0 Å². The van der Waals surface area contributed by atoms with Gasteiger partial charge in [0.25, 0.3) is 5.56 Å². The number of nitrogens with zero attached hydrogens (tertiary/aromatic N) is 4. The van der Waals surface area contributed by atoms with Crippen molar-refractivity contribution in [3.8, 4) is 11.4 Å². The van der Waals surface area contributed by atoms with Gasteiger partial charge in [0, 0.05) is 31.8 Å². The Labute approximate surface area is 175 Å². The summed E-state index contributed by atoms with van der Waals surface area (Å²) in [5, 5.41) is 5.70. The summed E-state index contributed by atoms with van der Waals surface area (Å²) in [6, 6.07) is 4.86. The molecule has 6 nitrogen and oxygen atoms in total. The fourth-order valence-corrected chi connectivity index (χ4v) is 3.21. The summed E-state index contributed by atoms with van der Waals surface area (Å²) in [7, 11) is 1.72. The summed E-state index contributed by atoms with van der Waals surface area (Å²) in [5.74, 6) is -4.65. The van der Waals surface area contributed by atoms with Crippen LogP contribution in [-0.4, -0.2) is 47.2 Å². The van der Waals surface area contributed by atoms with Crippen molar-refractivity contribution in [2.24, 2.45) is 5.10 Å². The van der Waals surface area contributed by atoms with Gasteiger partial charge in [0.05, 0.1) is 17.3 Å². The summed E-state index contributed by atoms with van der Waals surface area (Å²) in [6.07, 6.45) is -3.55. The molecule has 0 aliphatic carbocycles. The van der Waals surface area contributed by atoms with E-state index in [0.29, 0.717) is 6.54 Å². The van der Waals surface area contributed by atoms with Crippen molar-refractivity contribution in [3.63, 3.8) is 0 Å². The predicted molar refractivity (Wildman–Crippen MR) is 104 cm³/mol. The summed E-state index contributed by atoms with van der Waals surface area (Å²) in [6.45, 7) is 1.69. The molecule has 168 valence electrons. The normalized spacial score (nSPS) is 16.8. The van der Waals surface area contributed by atoms with Crippen LogP contribution in [0.2, 0.25) is 0 Å². The van der Waals surface area contributed by atoms with Crippen LogP contribution in [0.3, 0.4) is 0 Å². The Balaban J connectivity index is 2.08. The third-order valence-electron chi connectivity index (χ3n) is 4.87. The molecule has 0 radical (unpaired) electrons. The van der Waals surface area contributed by atoms with E-state index in [-0.39, 0.29) is 22.7 Å². The number of hydrogen-bond acceptors (Lipinski definition) is 5. The number of hydrazone groups is 1. The molecule has 0 bridgehead atoms. The Kier molecular flexibility index (Phi) is 6.06. The summed E-state index contributed by atoms with van der Waals surface area (Å²) >= 11 is 0. The average molecular weight is 444 g/mol. The Hall–Kier alpha value is -2.98. The number of hydrogen-bond donors (Lipinski definition) is 0. The minimum Gasteiger partial charge on any atom is -0.484 e. The van der Waals surface area contributed by atoms with Gasteiger partial charge < -0.3 is 4.74 Å². The van der Waals surface area contributed by atoms with Crippen LogP contribution >= 0.6 is 0 Å². The first-order valence-electron chi connectivity index (χ1n) is 9.50. The van der Waals surface area contributed by atoms with Crippen molar-refractivity contribution in [2.45, 2.75) is 38.3 Å². The number of halogens is 5. The van der Waals surface area contributed by atoms with Gasteiger partial charge in [-0.1, -0.05) is 6.92 Å². The van der Waals surface area contributed by atoms with E-state index < -0.39 is 42.4 Å². The van der Waals surface area contributed by atoms with Gasteiger partial charge in [-0.2, -0.15) is 27.1 Å². The topological polar surface area (TPSA) is 59.7 Å². The second-order valence-corrected chi connectivity index (χ2v) is 7.25. The lowest BCUT2D eigenvalue weighted by molar-refractivity contribution is -0.153. The Morgan fingerprint density at radius 1 is 1.16 bits per heavy atom. The molecule has 0 amide bonds. The van der Waals surface area contributed by atoms with E-state index in [1.165, 1.54) is 38.1 Å². The van der Waals surface area contributed by atoms with Crippen LogP contribution in [0.25, 0.3) is 5.69 Å². The highest BCUT2D eigenvalue weighted by Crippen LogP contribution is 2.33. The molecule has 0 saturated carbocycles. The number of alkyl halides is 5. The second kappa shape index (κ2) is 8.27. The van der Waals surface area contributed by atoms with Gasteiger partial charge >= 0.3 is 12.1 Å². The van der Waals surface area contributed by atoms with Crippen LogP contribution in [0.4, 0.5) is 22.0 Å². The van der Waals surface area contributed by atoms with Crippen LogP contribution in [0.1, 0.15) is 36.3 Å². The molecule has 1 aliphatic heterocycles. The van der Waals surface area contributed by atoms with E-state index in [9.17, 15) is 26.7 Å². The number of benzene rings is 1. The standard InChI is InChI=1S/C20H21F5N4O2/c1-4-19(21,22)18-27-16(13-9-26-28(3)10-13)12(2)17(30)29(18)14-5-7-15(8-6-14)31-11-20(23,24)25/h5-9,13H,4,10-11H2,1-3H3. The van der Waals surface area contributed by atoms with Gasteiger partial charge in [0.1, 0.15) is 5.75 Å². The molecule has 0 N–H and O–H groups in total. The molecular formula is C20H21F5N4O2. The lowest BCUT2D eigenvalue weighted by Gasteiger charge is -2.22. The molecule has 1 aliphatic rings. The highest BCUT2D eigenvalue weighted by Gasteiger charge is 2.37. The minimum atomic E-state index is -4.51. The molecule has 3 rings (SSSR count). The first kappa shape index (κ1) is 22.7. The van der Waals surface area contributed by atoms with Crippen LogP contribution in [-0.2, 0) is 5.92 Å². The first-order chi connectivity index (χ1) is 14.4. The fraction of sp³-hybridized carbons (Fsp3) is 0.450. The molecule has 31 heavy (non-hydrogen) atoms. The summed E-state index contributed by atoms with van der Waals surface area (Å²) in [5.41, 5.74) is -0.214. The molecule has 2 heterocycles. The quantitative estimate of drug-likeness (QED) is 0.632. The van der Waals surface area contributed by atoms with Gasteiger partial charge in [-0.15, -0.1) is 0 Å². The zero-order valence-electron chi connectivity index (χ0n) is 17.1. The third kappa shape index (κ3) is 4.86. The summed E-state index contributed by atoms with van der Waals surface area (Å²) < 4.78 is 72.0. The average Bonchev–Trinajstić information content (AvgIpc) is 3.14. The molecule has 0 spiro atoms. The molecule has 1 atom stereocenters. The maximum Gasteiger partial charge on any atom is 0.422 e. The molecule has 0 saturated heterocycles. The molecule has 11 heteroatoms. The number of aromatic nitrogens is 2. The van der Waals surface area contributed by atoms with Gasteiger partial charge in [-0.25, -0.2) is 4.98 Å². The number of rotatable bonds is 6. The van der Waals surface area contributed by atoms with E-state index in [1.807, 2.05) is 0 Å². The zero-order chi connectivity index (χ0) is 23.0. The molecule has 2 aromatic rings. The lowest BCUT2D eigenvalue weighted by Crippen LogP contribution is -2.34. The molecule has 1 unspecified atom stereocenters. The van der Waals surface area contributed by atoms with Crippen molar-refractivity contribution in [3.05, 3.63) is 51.7 Å². The van der Waals surface area contributed by atoms with Crippen molar-refractivity contribution in [1.82, 2.24) is 14.6 Å². The third-order valence-corrected chi connectivity index (χ3v) is 4.87. The van der Waals surface area contributed by atoms with E-state index in [4.69, 9.17) is 0 Å². The molecule has 1 aromatic heterocycles. The lowest BCUT2D eigenvalue weighted by atomic mass is 10.0. The van der Waals surface area contributed by atoms with Gasteiger partial charge in [-0.05, 0) is 31.2 Å². The number of likely N-dealkylation sites (N-methyl/N-ethyl adjacent to an activating group) is 1. The minimum absolute atomic E-state index is 0.0480. The fourth-order valence-electron chi connectivity index (χ4n) is 3.21. The van der Waals surface area contributed by atoms with Crippen molar-refractivity contribution in [2.75, 3.05) is 20.2 Å². The Morgan fingerprint density at radius 2 is 1.81 bits per heavy atom. The highest BCUT2D eigenvalue weighted by atomic mass is 19.4. The Morgan fingerprint density at radius 3 is 2.32 bits per heavy atom. The smallest absolute Gasteiger partial charge is 0.422 e. The van der Waals surface area contributed by atoms with E-state index in [2.05, 4.69) is 14.8 Å². The van der Waals surface area contributed by atoms with Crippen LogP contribution < -0.4 is 10.3 Å². The second-order valence-electron chi connectivity index (χ2n) is 7.25. The van der Waals surface area contributed by atoms with Gasteiger partial charge in [0.15, 0.2) is 12.4 Å². The van der Waals surface area contributed by atoms with Crippen LogP contribution in [0.15, 0.2) is 34.2 Å². The number of ether oxygens (including phenoxy) is 1.